The summed E-state index contributed by atoms with van der Waals surface area (Å²) in [6.45, 7) is 10.8. The third-order valence-electron chi connectivity index (χ3n) is 2.89. The molecule has 0 radical (unpaired) electrons. The number of Topliss-reactive ketones (excluding diaryl/α,β-unsaturated/α-hetero) is 2. The lowest BCUT2D eigenvalue weighted by molar-refractivity contribution is -0.130. The van der Waals surface area contributed by atoms with Crippen LogP contribution in [0.2, 0.25) is 0 Å². The van der Waals surface area contributed by atoms with Gasteiger partial charge in [0.2, 0.25) is 0 Å². The predicted molar refractivity (Wildman–Crippen MR) is 82.9 cm³/mol. The average Bonchev–Trinajstić information content (AvgIpc) is 2.26. The van der Waals surface area contributed by atoms with E-state index in [4.69, 9.17) is 0 Å². The van der Waals surface area contributed by atoms with Gasteiger partial charge in [0.05, 0.1) is 6.42 Å². The van der Waals surface area contributed by atoms with Crippen LogP contribution < -0.4 is 0 Å². The Kier molecular flexibility index (Phi) is 5.67. The summed E-state index contributed by atoms with van der Waals surface area (Å²) in [5, 5.41) is 0. The minimum Gasteiger partial charge on any atom is -0.299 e. The molecular weight excluding hydrogens is 248 g/mol. The molecule has 0 bridgehead atoms. The van der Waals surface area contributed by atoms with Gasteiger partial charge < -0.3 is 0 Å². The molecule has 110 valence electrons. The Bertz CT molecular complexity index is 441. The summed E-state index contributed by atoms with van der Waals surface area (Å²) in [5.74, 6) is 0.271. The fourth-order valence-electron chi connectivity index (χ4n) is 2.06. The topological polar surface area (TPSA) is 34.1 Å². The Balaban J connectivity index is 0.000000347. The van der Waals surface area contributed by atoms with Gasteiger partial charge in [-0.2, -0.15) is 0 Å². The van der Waals surface area contributed by atoms with E-state index in [2.05, 4.69) is 27.7 Å². The number of hydrogen-bond donors (Lipinski definition) is 0. The van der Waals surface area contributed by atoms with E-state index < -0.39 is 0 Å². The molecule has 1 aliphatic carbocycles. The fourth-order valence-corrected chi connectivity index (χ4v) is 2.06. The van der Waals surface area contributed by atoms with Crippen molar-refractivity contribution in [2.75, 3.05) is 0 Å². The van der Waals surface area contributed by atoms with Crippen LogP contribution in [0.4, 0.5) is 0 Å². The molecule has 0 aromatic heterocycles. The second-order valence-electron chi connectivity index (χ2n) is 7.27. The molecule has 0 spiro atoms. The van der Waals surface area contributed by atoms with Crippen molar-refractivity contribution in [3.63, 3.8) is 0 Å². The summed E-state index contributed by atoms with van der Waals surface area (Å²) in [7, 11) is 0. The smallest absolute Gasteiger partial charge is 0.140 e. The van der Waals surface area contributed by atoms with Gasteiger partial charge in [0.1, 0.15) is 11.6 Å². The van der Waals surface area contributed by atoms with Crippen LogP contribution in [-0.2, 0) is 9.59 Å². The monoisotopic (exact) mass is 274 g/mol. The molecule has 2 nitrogen and oxygen atoms in total. The Hall–Kier alpha value is -1.44. The Morgan fingerprint density at radius 3 is 1.70 bits per heavy atom. The number of benzene rings is 1. The molecule has 1 fully saturated rings. The zero-order valence-corrected chi connectivity index (χ0v) is 13.3. The zero-order chi connectivity index (χ0) is 15.3. The highest BCUT2D eigenvalue weighted by Gasteiger charge is 2.26. The lowest BCUT2D eigenvalue weighted by Gasteiger charge is -2.20. The van der Waals surface area contributed by atoms with Crippen molar-refractivity contribution in [3.8, 4) is 0 Å². The zero-order valence-electron chi connectivity index (χ0n) is 13.3. The third kappa shape index (κ3) is 6.65. The van der Waals surface area contributed by atoms with Gasteiger partial charge in [-0.25, -0.2) is 0 Å². The van der Waals surface area contributed by atoms with E-state index in [0.717, 1.165) is 5.56 Å². The molecule has 1 aromatic carbocycles. The van der Waals surface area contributed by atoms with Crippen LogP contribution in [0.5, 0.6) is 0 Å². The van der Waals surface area contributed by atoms with Gasteiger partial charge in [-0.1, -0.05) is 57.5 Å². The number of hydrogen-bond acceptors (Lipinski definition) is 2. The van der Waals surface area contributed by atoms with E-state index >= 15 is 0 Å². The maximum Gasteiger partial charge on any atom is 0.140 e. The van der Waals surface area contributed by atoms with E-state index in [0.29, 0.717) is 18.3 Å². The first-order valence-electron chi connectivity index (χ1n) is 7.25. The van der Waals surface area contributed by atoms with Crippen molar-refractivity contribution in [1.29, 1.82) is 0 Å². The Labute approximate surface area is 122 Å². The van der Waals surface area contributed by atoms with Crippen molar-refractivity contribution in [2.45, 2.75) is 59.8 Å². The van der Waals surface area contributed by atoms with E-state index in [1.54, 1.807) is 0 Å². The van der Waals surface area contributed by atoms with Crippen LogP contribution in [0.25, 0.3) is 0 Å². The molecular formula is C18H26O2. The Morgan fingerprint density at radius 2 is 1.30 bits per heavy atom. The first-order valence-corrected chi connectivity index (χ1v) is 7.25. The summed E-state index contributed by atoms with van der Waals surface area (Å²) in [5.41, 5.74) is 2.81. The van der Waals surface area contributed by atoms with Crippen molar-refractivity contribution in [1.82, 2.24) is 0 Å². The SMILES string of the molecule is CC(C)(C)C.Cc1ccc(C2CC(=O)CC(=O)C2)cc1. The maximum absolute atomic E-state index is 11.3. The predicted octanol–water partition coefficient (Wildman–Crippen LogP) is 4.45. The molecule has 2 rings (SSSR count). The number of aryl methyl sites for hydroxylation is 1. The van der Waals surface area contributed by atoms with Crippen molar-refractivity contribution in [2.24, 2.45) is 5.41 Å². The molecule has 0 atom stereocenters. The first-order chi connectivity index (χ1) is 9.15. The van der Waals surface area contributed by atoms with E-state index in [1.807, 2.05) is 31.2 Å². The van der Waals surface area contributed by atoms with Gasteiger partial charge in [-0.15, -0.1) is 0 Å². The summed E-state index contributed by atoms with van der Waals surface area (Å²) in [4.78, 5) is 22.6. The lowest BCUT2D eigenvalue weighted by atomic mass is 9.82. The van der Waals surface area contributed by atoms with Gasteiger partial charge in [0, 0.05) is 12.8 Å². The molecule has 0 heterocycles. The third-order valence-corrected chi connectivity index (χ3v) is 2.89. The van der Waals surface area contributed by atoms with Gasteiger partial charge in [-0.3, -0.25) is 9.59 Å². The van der Waals surface area contributed by atoms with Crippen molar-refractivity contribution >= 4 is 11.6 Å². The maximum atomic E-state index is 11.3. The van der Waals surface area contributed by atoms with Crippen LogP contribution in [0.1, 0.15) is 64.0 Å². The molecule has 1 aliphatic rings. The van der Waals surface area contributed by atoms with Crippen LogP contribution >= 0.6 is 0 Å². The van der Waals surface area contributed by atoms with Crippen LogP contribution in [-0.4, -0.2) is 11.6 Å². The Morgan fingerprint density at radius 1 is 0.900 bits per heavy atom. The summed E-state index contributed by atoms with van der Waals surface area (Å²) in [6, 6.07) is 8.09. The van der Waals surface area contributed by atoms with Gasteiger partial charge in [-0.05, 0) is 23.8 Å². The van der Waals surface area contributed by atoms with Crippen molar-refractivity contribution < 1.29 is 9.59 Å². The number of carbonyl (C=O) groups is 2. The normalized spacial score (nSPS) is 16.6. The van der Waals surface area contributed by atoms with Crippen LogP contribution in [0.3, 0.4) is 0 Å². The molecule has 0 amide bonds. The molecule has 1 aromatic rings. The molecule has 0 N–H and O–H groups in total. The summed E-state index contributed by atoms with van der Waals surface area (Å²) >= 11 is 0. The van der Waals surface area contributed by atoms with E-state index in [-0.39, 0.29) is 23.9 Å². The van der Waals surface area contributed by atoms with Crippen LogP contribution in [0.15, 0.2) is 24.3 Å². The lowest BCUT2D eigenvalue weighted by Crippen LogP contribution is -2.21. The molecule has 1 saturated carbocycles. The average molecular weight is 274 g/mol. The molecule has 20 heavy (non-hydrogen) atoms. The van der Waals surface area contributed by atoms with E-state index in [1.165, 1.54) is 5.56 Å². The second-order valence-corrected chi connectivity index (χ2v) is 7.27. The van der Waals surface area contributed by atoms with Gasteiger partial charge in [0.15, 0.2) is 0 Å². The number of rotatable bonds is 1. The summed E-state index contributed by atoms with van der Waals surface area (Å²) < 4.78 is 0. The molecule has 0 unspecified atom stereocenters. The fraction of sp³-hybridized carbons (Fsp3) is 0.556. The number of ketones is 2. The quantitative estimate of drug-likeness (QED) is 0.709. The molecule has 2 heteroatoms. The van der Waals surface area contributed by atoms with Crippen LogP contribution in [0, 0.1) is 12.3 Å². The minimum absolute atomic E-state index is 0.0804. The van der Waals surface area contributed by atoms with Crippen molar-refractivity contribution in [3.05, 3.63) is 35.4 Å². The minimum atomic E-state index is 0.0804. The van der Waals surface area contributed by atoms with E-state index in [9.17, 15) is 9.59 Å². The van der Waals surface area contributed by atoms with Gasteiger partial charge >= 0.3 is 0 Å². The largest absolute Gasteiger partial charge is 0.299 e. The standard InChI is InChI=1S/C13H14O2.C5H12/c1-9-2-4-10(5-3-9)11-6-12(14)8-13(15)7-11;1-5(2,3)4/h2-5,11H,6-8H2,1H3;1-4H3. The molecule has 0 aliphatic heterocycles. The molecule has 0 saturated heterocycles. The highest BCUT2D eigenvalue weighted by atomic mass is 16.1. The van der Waals surface area contributed by atoms with Gasteiger partial charge in [0.25, 0.3) is 0 Å². The highest BCUT2D eigenvalue weighted by molar-refractivity contribution is 6.02. The highest BCUT2D eigenvalue weighted by Crippen LogP contribution is 2.29. The first kappa shape index (κ1) is 16.6. The second kappa shape index (κ2) is 6.83. The number of carbonyl (C=O) groups excluding carboxylic acids is 2. The summed E-state index contributed by atoms with van der Waals surface area (Å²) in [6.07, 6.45) is 1.19.